The predicted octanol–water partition coefficient (Wildman–Crippen LogP) is 3.35. The van der Waals surface area contributed by atoms with Crippen molar-refractivity contribution in [3.8, 4) is 11.4 Å². The Kier molecular flexibility index (Phi) is 2.37. The van der Waals surface area contributed by atoms with Crippen LogP contribution in [-0.2, 0) is 0 Å². The number of benzene rings is 1. The van der Waals surface area contributed by atoms with Gasteiger partial charge >= 0.3 is 0 Å². The van der Waals surface area contributed by atoms with Gasteiger partial charge in [-0.3, -0.25) is 4.40 Å². The molecule has 2 heterocycles. The second-order valence-corrected chi connectivity index (χ2v) is 4.76. The van der Waals surface area contributed by atoms with Crippen LogP contribution in [0.15, 0.2) is 53.3 Å². The van der Waals surface area contributed by atoms with Gasteiger partial charge < -0.3 is 5.73 Å². The minimum atomic E-state index is 0.730. The van der Waals surface area contributed by atoms with Crippen LogP contribution in [0.25, 0.3) is 16.9 Å². The summed E-state index contributed by atoms with van der Waals surface area (Å²) in [5, 5.41) is 0. The van der Waals surface area contributed by atoms with E-state index in [1.807, 2.05) is 53.2 Å². The highest BCUT2D eigenvalue weighted by molar-refractivity contribution is 9.10. The van der Waals surface area contributed by atoms with Gasteiger partial charge in [-0.2, -0.15) is 0 Å². The molecule has 3 rings (SSSR count). The van der Waals surface area contributed by atoms with E-state index in [0.717, 1.165) is 27.1 Å². The monoisotopic (exact) mass is 287 g/mol. The van der Waals surface area contributed by atoms with E-state index in [4.69, 9.17) is 5.73 Å². The summed E-state index contributed by atoms with van der Waals surface area (Å²) in [6.45, 7) is 0. The van der Waals surface area contributed by atoms with Gasteiger partial charge in [0.1, 0.15) is 5.82 Å². The molecule has 3 aromatic rings. The number of anilines is 1. The van der Waals surface area contributed by atoms with Gasteiger partial charge in [-0.1, -0.05) is 28.1 Å². The van der Waals surface area contributed by atoms with Crippen molar-refractivity contribution in [3.05, 3.63) is 53.3 Å². The number of rotatable bonds is 1. The lowest BCUT2D eigenvalue weighted by molar-refractivity contribution is 1.16. The van der Waals surface area contributed by atoms with Gasteiger partial charge in [0.25, 0.3) is 0 Å². The van der Waals surface area contributed by atoms with Crippen LogP contribution in [0.3, 0.4) is 0 Å². The van der Waals surface area contributed by atoms with Crippen LogP contribution in [0.5, 0.6) is 0 Å². The van der Waals surface area contributed by atoms with E-state index < -0.39 is 0 Å². The molecule has 0 radical (unpaired) electrons. The quantitative estimate of drug-likeness (QED) is 0.746. The van der Waals surface area contributed by atoms with Crippen LogP contribution in [0.1, 0.15) is 0 Å². The van der Waals surface area contributed by atoms with Gasteiger partial charge in [0, 0.05) is 21.9 Å². The average Bonchev–Trinajstić information content (AvgIpc) is 2.73. The Morgan fingerprint density at radius 2 is 1.82 bits per heavy atom. The zero-order valence-corrected chi connectivity index (χ0v) is 10.6. The number of hydrogen-bond donors (Lipinski definition) is 1. The van der Waals surface area contributed by atoms with E-state index in [-0.39, 0.29) is 0 Å². The molecule has 84 valence electrons. The summed E-state index contributed by atoms with van der Waals surface area (Å²) in [5.41, 5.74) is 8.64. The van der Waals surface area contributed by atoms with Gasteiger partial charge in [0.15, 0.2) is 0 Å². The Hall–Kier alpha value is -1.81. The number of aromatic nitrogens is 2. The number of nitrogens with two attached hydrogens (primary N) is 1. The molecule has 0 unspecified atom stereocenters. The zero-order valence-electron chi connectivity index (χ0n) is 8.97. The van der Waals surface area contributed by atoms with Crippen LogP contribution in [0.2, 0.25) is 0 Å². The largest absolute Gasteiger partial charge is 0.398 e. The number of imidazole rings is 1. The lowest BCUT2D eigenvalue weighted by atomic mass is 10.2. The third-order valence-electron chi connectivity index (χ3n) is 2.65. The van der Waals surface area contributed by atoms with E-state index in [1.54, 1.807) is 0 Å². The standard InChI is InChI=1S/C13H10BrN3/c14-10-3-1-9(2-4-10)13-16-7-12-6-5-11(15)8-17(12)13/h1-8H,15H2. The number of nitrogen functional groups attached to an aromatic ring is 1. The van der Waals surface area contributed by atoms with Gasteiger partial charge in [-0.05, 0) is 24.3 Å². The highest BCUT2D eigenvalue weighted by atomic mass is 79.9. The first-order valence-corrected chi connectivity index (χ1v) is 6.02. The maximum atomic E-state index is 5.80. The van der Waals surface area contributed by atoms with Crippen LogP contribution in [0.4, 0.5) is 5.69 Å². The Morgan fingerprint density at radius 3 is 2.59 bits per heavy atom. The molecule has 0 amide bonds. The van der Waals surface area contributed by atoms with E-state index in [9.17, 15) is 0 Å². The van der Waals surface area contributed by atoms with E-state index >= 15 is 0 Å². The molecule has 2 aromatic heterocycles. The molecule has 1 aromatic carbocycles. The molecular weight excluding hydrogens is 278 g/mol. The van der Waals surface area contributed by atoms with Crippen LogP contribution < -0.4 is 5.73 Å². The molecule has 0 saturated carbocycles. The van der Waals surface area contributed by atoms with Crippen molar-refractivity contribution in [1.82, 2.24) is 9.38 Å². The van der Waals surface area contributed by atoms with Crippen LogP contribution in [0, 0.1) is 0 Å². The second-order valence-electron chi connectivity index (χ2n) is 3.85. The summed E-state index contributed by atoms with van der Waals surface area (Å²) in [6, 6.07) is 11.9. The number of fused-ring (bicyclic) bond motifs is 1. The minimum absolute atomic E-state index is 0.730. The topological polar surface area (TPSA) is 43.3 Å². The normalized spacial score (nSPS) is 10.9. The molecule has 3 nitrogen and oxygen atoms in total. The van der Waals surface area contributed by atoms with Crippen molar-refractivity contribution in [1.29, 1.82) is 0 Å². The summed E-state index contributed by atoms with van der Waals surface area (Å²) in [5.74, 6) is 0.903. The third kappa shape index (κ3) is 1.80. The van der Waals surface area contributed by atoms with Crippen molar-refractivity contribution < 1.29 is 0 Å². The fraction of sp³-hybridized carbons (Fsp3) is 0. The molecule has 0 aliphatic rings. The highest BCUT2D eigenvalue weighted by Gasteiger charge is 2.05. The first-order chi connectivity index (χ1) is 8.24. The molecule has 17 heavy (non-hydrogen) atoms. The predicted molar refractivity (Wildman–Crippen MR) is 72.7 cm³/mol. The molecule has 4 heteroatoms. The Balaban J connectivity index is 2.23. The van der Waals surface area contributed by atoms with E-state index in [1.165, 1.54) is 0 Å². The third-order valence-corrected chi connectivity index (χ3v) is 3.18. The number of halogens is 1. The molecule has 0 aliphatic heterocycles. The molecule has 0 saturated heterocycles. The van der Waals surface area contributed by atoms with Gasteiger partial charge in [-0.25, -0.2) is 4.98 Å². The van der Waals surface area contributed by atoms with E-state index in [2.05, 4.69) is 20.9 Å². The SMILES string of the molecule is Nc1ccc2cnc(-c3ccc(Br)cc3)n2c1. The lowest BCUT2D eigenvalue weighted by Gasteiger charge is -2.02. The van der Waals surface area contributed by atoms with Crippen molar-refractivity contribution in [2.75, 3.05) is 5.73 Å². The fourth-order valence-electron chi connectivity index (χ4n) is 1.82. The maximum absolute atomic E-state index is 5.80. The van der Waals surface area contributed by atoms with Crippen LogP contribution >= 0.6 is 15.9 Å². The smallest absolute Gasteiger partial charge is 0.144 e. The molecule has 0 spiro atoms. The zero-order chi connectivity index (χ0) is 11.8. The van der Waals surface area contributed by atoms with Gasteiger partial charge in [-0.15, -0.1) is 0 Å². The van der Waals surface area contributed by atoms with Crippen molar-refractivity contribution >= 4 is 27.1 Å². The Labute approximate surface area is 107 Å². The van der Waals surface area contributed by atoms with Crippen molar-refractivity contribution in [3.63, 3.8) is 0 Å². The average molecular weight is 288 g/mol. The number of nitrogens with zero attached hydrogens (tertiary/aromatic N) is 2. The summed E-state index contributed by atoms with van der Waals surface area (Å²) in [7, 11) is 0. The molecular formula is C13H10BrN3. The molecule has 0 fully saturated rings. The highest BCUT2D eigenvalue weighted by Crippen LogP contribution is 2.22. The van der Waals surface area contributed by atoms with E-state index in [0.29, 0.717) is 0 Å². The van der Waals surface area contributed by atoms with Gasteiger partial charge in [0.05, 0.1) is 11.7 Å². The first-order valence-electron chi connectivity index (χ1n) is 5.22. The first kappa shape index (κ1) is 10.4. The Morgan fingerprint density at radius 1 is 1.06 bits per heavy atom. The summed E-state index contributed by atoms with van der Waals surface area (Å²) >= 11 is 3.42. The summed E-state index contributed by atoms with van der Waals surface area (Å²) in [6.07, 6.45) is 3.73. The molecule has 2 N–H and O–H groups in total. The summed E-state index contributed by atoms with van der Waals surface area (Å²) < 4.78 is 3.06. The molecule has 0 atom stereocenters. The maximum Gasteiger partial charge on any atom is 0.144 e. The fourth-order valence-corrected chi connectivity index (χ4v) is 2.08. The van der Waals surface area contributed by atoms with Crippen molar-refractivity contribution in [2.45, 2.75) is 0 Å². The lowest BCUT2D eigenvalue weighted by Crippen LogP contribution is -1.92. The van der Waals surface area contributed by atoms with Gasteiger partial charge in [0.2, 0.25) is 0 Å². The molecule has 0 aliphatic carbocycles. The Bertz CT molecular complexity index is 671. The summed E-state index contributed by atoms with van der Waals surface area (Å²) in [4.78, 5) is 4.43. The minimum Gasteiger partial charge on any atom is -0.398 e. The van der Waals surface area contributed by atoms with Crippen LogP contribution in [-0.4, -0.2) is 9.38 Å². The number of pyridine rings is 1. The number of hydrogen-bond acceptors (Lipinski definition) is 2. The molecule has 0 bridgehead atoms. The van der Waals surface area contributed by atoms with Crippen molar-refractivity contribution in [2.24, 2.45) is 0 Å². The second kappa shape index (κ2) is 3.89.